The van der Waals surface area contributed by atoms with Crippen molar-refractivity contribution in [2.75, 3.05) is 11.9 Å². The van der Waals surface area contributed by atoms with Gasteiger partial charge in [-0.25, -0.2) is 8.42 Å². The van der Waals surface area contributed by atoms with Crippen molar-refractivity contribution in [1.82, 2.24) is 14.4 Å². The van der Waals surface area contributed by atoms with Gasteiger partial charge < -0.3 is 9.84 Å². The summed E-state index contributed by atoms with van der Waals surface area (Å²) in [6, 6.07) is 13.7. The van der Waals surface area contributed by atoms with Crippen molar-refractivity contribution in [2.45, 2.75) is 69.2 Å². The van der Waals surface area contributed by atoms with E-state index in [1.54, 1.807) is 36.4 Å². The van der Waals surface area contributed by atoms with Gasteiger partial charge in [-0.15, -0.1) is 0 Å². The average molecular weight is 576 g/mol. The molecule has 1 aromatic heterocycles. The van der Waals surface area contributed by atoms with Gasteiger partial charge in [0.15, 0.2) is 5.82 Å². The molecule has 0 atom stereocenters. The van der Waals surface area contributed by atoms with Crippen LogP contribution in [0.1, 0.15) is 69.1 Å². The molecule has 1 fully saturated rings. The molecule has 192 valence electrons. The van der Waals surface area contributed by atoms with Gasteiger partial charge in [0.2, 0.25) is 21.8 Å². The van der Waals surface area contributed by atoms with Crippen LogP contribution < -0.4 is 5.32 Å². The Morgan fingerprint density at radius 1 is 1.08 bits per heavy atom. The van der Waals surface area contributed by atoms with Crippen LogP contribution in [-0.2, 0) is 21.2 Å². The molecule has 0 bridgehead atoms. The van der Waals surface area contributed by atoms with Crippen molar-refractivity contribution in [2.24, 2.45) is 0 Å². The minimum absolute atomic E-state index is 0.171. The molecule has 0 aliphatic heterocycles. The number of hydrogen-bond donors (Lipinski definition) is 1. The highest BCUT2D eigenvalue weighted by atomic mass is 79.9. The summed E-state index contributed by atoms with van der Waals surface area (Å²) in [5.74, 6) is 1.02. The number of benzene rings is 2. The van der Waals surface area contributed by atoms with E-state index in [1.807, 2.05) is 26.0 Å². The van der Waals surface area contributed by atoms with Gasteiger partial charge in [0.25, 0.3) is 0 Å². The largest absolute Gasteiger partial charge is 0.339 e. The third kappa shape index (κ3) is 6.60. The molecule has 1 aliphatic rings. The maximum atomic E-state index is 13.5. The lowest BCUT2D eigenvalue weighted by molar-refractivity contribution is -0.116. The Balaban J connectivity index is 1.44. The highest BCUT2D eigenvalue weighted by molar-refractivity contribution is 9.10. The van der Waals surface area contributed by atoms with Crippen LogP contribution in [-0.4, -0.2) is 41.4 Å². The molecule has 4 rings (SSSR count). The van der Waals surface area contributed by atoms with Gasteiger partial charge in [-0.2, -0.15) is 9.29 Å². The quantitative estimate of drug-likeness (QED) is 0.361. The molecular formula is C26H31BrN4O4S. The number of nitrogens with one attached hydrogen (secondary N) is 1. The zero-order valence-corrected chi connectivity index (χ0v) is 22.9. The van der Waals surface area contributed by atoms with E-state index in [0.29, 0.717) is 23.8 Å². The summed E-state index contributed by atoms with van der Waals surface area (Å²) < 4.78 is 34.4. The van der Waals surface area contributed by atoms with Crippen LogP contribution in [0.5, 0.6) is 0 Å². The Bertz CT molecular complexity index is 1270. The molecular weight excluding hydrogens is 544 g/mol. The standard InChI is InChI=1S/C26H31BrN4O4S/c1-18(2)26-29-24(30-35-26)16-19-8-12-21(13-9-19)28-25(32)17-31(22-6-4-3-5-7-22)36(33,34)23-14-10-20(27)11-15-23/h8-15,18,22H,3-7,16-17H2,1-2H3,(H,28,32). The van der Waals surface area contributed by atoms with Gasteiger partial charge in [-0.3, -0.25) is 4.79 Å². The van der Waals surface area contributed by atoms with E-state index in [-0.39, 0.29) is 29.3 Å². The van der Waals surface area contributed by atoms with E-state index in [2.05, 4.69) is 31.4 Å². The third-order valence-electron chi connectivity index (χ3n) is 6.28. The number of rotatable bonds is 9. The molecule has 1 saturated carbocycles. The summed E-state index contributed by atoms with van der Waals surface area (Å²) in [5.41, 5.74) is 1.58. The monoisotopic (exact) mass is 574 g/mol. The lowest BCUT2D eigenvalue weighted by Crippen LogP contribution is -2.45. The molecule has 10 heteroatoms. The maximum Gasteiger partial charge on any atom is 0.243 e. The molecule has 3 aromatic rings. The predicted molar refractivity (Wildman–Crippen MR) is 141 cm³/mol. The Labute approximate surface area is 220 Å². The van der Waals surface area contributed by atoms with Crippen LogP contribution in [0.2, 0.25) is 0 Å². The highest BCUT2D eigenvalue weighted by Crippen LogP contribution is 2.28. The number of carbonyl (C=O) groups excluding carboxylic acids is 1. The summed E-state index contributed by atoms with van der Waals surface area (Å²) in [5, 5.41) is 6.86. The van der Waals surface area contributed by atoms with Crippen LogP contribution >= 0.6 is 15.9 Å². The maximum absolute atomic E-state index is 13.5. The predicted octanol–water partition coefficient (Wildman–Crippen LogP) is 5.51. The van der Waals surface area contributed by atoms with Crippen molar-refractivity contribution in [3.8, 4) is 0 Å². The molecule has 0 spiro atoms. The highest BCUT2D eigenvalue weighted by Gasteiger charge is 2.34. The Kier molecular flexibility index (Phi) is 8.58. The van der Waals surface area contributed by atoms with E-state index in [4.69, 9.17) is 4.52 Å². The smallest absolute Gasteiger partial charge is 0.243 e. The molecule has 1 N–H and O–H groups in total. The van der Waals surface area contributed by atoms with Gasteiger partial charge in [0.05, 0.1) is 11.4 Å². The zero-order valence-electron chi connectivity index (χ0n) is 20.5. The summed E-state index contributed by atoms with van der Waals surface area (Å²) in [6.07, 6.45) is 5.03. The first kappa shape index (κ1) is 26.5. The number of anilines is 1. The lowest BCUT2D eigenvalue weighted by atomic mass is 9.95. The summed E-state index contributed by atoms with van der Waals surface area (Å²) in [7, 11) is -3.82. The molecule has 2 aromatic carbocycles. The van der Waals surface area contributed by atoms with Crippen LogP contribution in [0.4, 0.5) is 5.69 Å². The fourth-order valence-corrected chi connectivity index (χ4v) is 6.23. The molecule has 0 unspecified atom stereocenters. The molecule has 8 nitrogen and oxygen atoms in total. The Morgan fingerprint density at radius 2 is 1.75 bits per heavy atom. The van der Waals surface area contributed by atoms with Crippen molar-refractivity contribution in [3.05, 3.63) is 70.3 Å². The molecule has 1 heterocycles. The molecule has 36 heavy (non-hydrogen) atoms. The van der Waals surface area contributed by atoms with Crippen LogP contribution in [0.25, 0.3) is 0 Å². The zero-order chi connectivity index (χ0) is 25.7. The molecule has 1 amide bonds. The van der Waals surface area contributed by atoms with Crippen molar-refractivity contribution < 1.29 is 17.7 Å². The second-order valence-corrected chi connectivity index (χ2v) is 12.2. The van der Waals surface area contributed by atoms with Gasteiger partial charge in [-0.05, 0) is 54.8 Å². The third-order valence-corrected chi connectivity index (χ3v) is 8.72. The van der Waals surface area contributed by atoms with E-state index >= 15 is 0 Å². The lowest BCUT2D eigenvalue weighted by Gasteiger charge is -2.33. The average Bonchev–Trinajstić information content (AvgIpc) is 3.33. The number of amides is 1. The number of sulfonamides is 1. The number of halogens is 1. The number of carbonyl (C=O) groups is 1. The summed E-state index contributed by atoms with van der Waals surface area (Å²) in [6.45, 7) is 3.76. The minimum Gasteiger partial charge on any atom is -0.339 e. The van der Waals surface area contributed by atoms with Crippen LogP contribution in [0.3, 0.4) is 0 Å². The van der Waals surface area contributed by atoms with E-state index < -0.39 is 10.0 Å². The van der Waals surface area contributed by atoms with Crippen LogP contribution in [0.15, 0.2) is 62.4 Å². The first-order valence-corrected chi connectivity index (χ1v) is 14.4. The second kappa shape index (κ2) is 11.7. The van der Waals surface area contributed by atoms with E-state index in [9.17, 15) is 13.2 Å². The summed E-state index contributed by atoms with van der Waals surface area (Å²) >= 11 is 3.35. The van der Waals surface area contributed by atoms with Crippen molar-refractivity contribution in [1.29, 1.82) is 0 Å². The van der Waals surface area contributed by atoms with Crippen molar-refractivity contribution >= 4 is 37.5 Å². The van der Waals surface area contributed by atoms with Gasteiger partial charge in [-0.1, -0.05) is 66.3 Å². The first-order chi connectivity index (χ1) is 17.2. The van der Waals surface area contributed by atoms with Crippen LogP contribution in [0, 0.1) is 0 Å². The van der Waals surface area contributed by atoms with E-state index in [0.717, 1.165) is 42.1 Å². The summed E-state index contributed by atoms with van der Waals surface area (Å²) in [4.78, 5) is 17.6. The number of nitrogens with zero attached hydrogens (tertiary/aromatic N) is 3. The Hall–Kier alpha value is -2.56. The van der Waals surface area contributed by atoms with Gasteiger partial charge >= 0.3 is 0 Å². The fraction of sp³-hybridized carbons (Fsp3) is 0.423. The molecule has 1 aliphatic carbocycles. The minimum atomic E-state index is -3.82. The second-order valence-electron chi connectivity index (χ2n) is 9.42. The first-order valence-electron chi connectivity index (χ1n) is 12.2. The van der Waals surface area contributed by atoms with Crippen molar-refractivity contribution in [3.63, 3.8) is 0 Å². The van der Waals surface area contributed by atoms with Gasteiger partial charge in [0, 0.05) is 28.5 Å². The number of hydrogen-bond acceptors (Lipinski definition) is 6. The number of aromatic nitrogens is 2. The molecule has 0 radical (unpaired) electrons. The normalized spacial score (nSPS) is 14.9. The molecule has 0 saturated heterocycles. The van der Waals surface area contributed by atoms with Gasteiger partial charge in [0.1, 0.15) is 0 Å². The fourth-order valence-electron chi connectivity index (χ4n) is 4.33. The Morgan fingerprint density at radius 3 is 2.36 bits per heavy atom. The van der Waals surface area contributed by atoms with E-state index in [1.165, 1.54) is 4.31 Å². The SMILES string of the molecule is CC(C)c1nc(Cc2ccc(NC(=O)CN(C3CCCCC3)S(=O)(=O)c3ccc(Br)cc3)cc2)no1. The topological polar surface area (TPSA) is 105 Å².